The van der Waals surface area contributed by atoms with Crippen molar-refractivity contribution in [2.45, 2.75) is 60.3 Å². The molecule has 0 aromatic heterocycles. The SMILES string of the molecule is CCC(CC)CC(C)CC(C)C. The van der Waals surface area contributed by atoms with E-state index >= 15 is 0 Å². The van der Waals surface area contributed by atoms with E-state index in [9.17, 15) is 0 Å². The van der Waals surface area contributed by atoms with Crippen molar-refractivity contribution < 1.29 is 0 Å². The maximum atomic E-state index is 2.40. The molecule has 0 amide bonds. The monoisotopic (exact) mass is 170 g/mol. The zero-order valence-electron chi connectivity index (χ0n) is 9.56. The van der Waals surface area contributed by atoms with Crippen LogP contribution >= 0.6 is 0 Å². The van der Waals surface area contributed by atoms with Gasteiger partial charge in [-0.2, -0.15) is 0 Å². The topological polar surface area (TPSA) is 0 Å². The number of hydrogen-bond acceptors (Lipinski definition) is 0. The normalized spacial score (nSPS) is 14.2. The van der Waals surface area contributed by atoms with E-state index in [1.807, 2.05) is 0 Å². The predicted molar refractivity (Wildman–Crippen MR) is 57.3 cm³/mol. The van der Waals surface area contributed by atoms with Crippen LogP contribution in [0.15, 0.2) is 0 Å². The van der Waals surface area contributed by atoms with Gasteiger partial charge in [0.05, 0.1) is 0 Å². The smallest absolute Gasteiger partial charge is 0.0417 e. The molecule has 74 valence electrons. The third-order valence-electron chi connectivity index (χ3n) is 2.76. The Morgan fingerprint density at radius 2 is 1.33 bits per heavy atom. The fourth-order valence-electron chi connectivity index (χ4n) is 2.09. The molecule has 0 N–H and O–H groups in total. The van der Waals surface area contributed by atoms with Crippen LogP contribution in [-0.4, -0.2) is 0 Å². The average molecular weight is 170 g/mol. The fraction of sp³-hybridized carbons (Fsp3) is 1.00. The minimum absolute atomic E-state index is 0.870. The lowest BCUT2D eigenvalue weighted by atomic mass is 9.87. The molecule has 0 heterocycles. The maximum Gasteiger partial charge on any atom is -0.0417 e. The molecule has 1 unspecified atom stereocenters. The van der Waals surface area contributed by atoms with E-state index in [4.69, 9.17) is 0 Å². The van der Waals surface area contributed by atoms with E-state index < -0.39 is 0 Å². The highest BCUT2D eigenvalue weighted by Gasteiger charge is 2.10. The van der Waals surface area contributed by atoms with E-state index in [-0.39, 0.29) is 0 Å². The van der Waals surface area contributed by atoms with Gasteiger partial charge in [-0.25, -0.2) is 0 Å². The summed E-state index contributed by atoms with van der Waals surface area (Å²) in [7, 11) is 0. The highest BCUT2D eigenvalue weighted by Crippen LogP contribution is 2.23. The zero-order chi connectivity index (χ0) is 9.56. The molecule has 0 saturated carbocycles. The molecule has 0 aliphatic heterocycles. The largest absolute Gasteiger partial charge is 0.0651 e. The highest BCUT2D eigenvalue weighted by molar-refractivity contribution is 4.62. The van der Waals surface area contributed by atoms with Crippen molar-refractivity contribution in [3.8, 4) is 0 Å². The van der Waals surface area contributed by atoms with Crippen LogP contribution < -0.4 is 0 Å². The Bertz CT molecular complexity index is 90.2. The summed E-state index contributed by atoms with van der Waals surface area (Å²) in [5, 5.41) is 0. The van der Waals surface area contributed by atoms with Crippen LogP contribution in [0.1, 0.15) is 60.3 Å². The Morgan fingerprint density at radius 1 is 0.833 bits per heavy atom. The van der Waals surface area contributed by atoms with Crippen molar-refractivity contribution in [2.24, 2.45) is 17.8 Å². The first-order valence-electron chi connectivity index (χ1n) is 5.60. The molecule has 1 atom stereocenters. The molecule has 0 saturated heterocycles. The first kappa shape index (κ1) is 12.0. The molecule has 0 radical (unpaired) electrons. The van der Waals surface area contributed by atoms with Crippen molar-refractivity contribution in [3.63, 3.8) is 0 Å². The van der Waals surface area contributed by atoms with Gasteiger partial charge in [-0.1, -0.05) is 47.5 Å². The van der Waals surface area contributed by atoms with Gasteiger partial charge in [-0.15, -0.1) is 0 Å². The summed E-state index contributed by atoms with van der Waals surface area (Å²) in [6.07, 6.45) is 5.56. The minimum atomic E-state index is 0.870. The van der Waals surface area contributed by atoms with E-state index in [0.29, 0.717) is 0 Å². The second kappa shape index (κ2) is 6.51. The molecule has 0 aliphatic carbocycles. The molecule has 12 heavy (non-hydrogen) atoms. The van der Waals surface area contributed by atoms with E-state index in [2.05, 4.69) is 34.6 Å². The summed E-state index contributed by atoms with van der Waals surface area (Å²) in [6, 6.07) is 0. The Hall–Kier alpha value is 0. The molecule has 0 aliphatic rings. The molecule has 0 bridgehead atoms. The van der Waals surface area contributed by atoms with Crippen LogP contribution in [0.4, 0.5) is 0 Å². The van der Waals surface area contributed by atoms with Crippen molar-refractivity contribution in [1.82, 2.24) is 0 Å². The van der Waals surface area contributed by atoms with Crippen LogP contribution in [0.2, 0.25) is 0 Å². The first-order chi connectivity index (χ1) is 5.60. The lowest BCUT2D eigenvalue weighted by Gasteiger charge is -2.19. The van der Waals surface area contributed by atoms with Gasteiger partial charge in [-0.05, 0) is 30.6 Å². The van der Waals surface area contributed by atoms with Gasteiger partial charge < -0.3 is 0 Å². The highest BCUT2D eigenvalue weighted by atomic mass is 14.2. The summed E-state index contributed by atoms with van der Waals surface area (Å²) in [5.41, 5.74) is 0. The number of hydrogen-bond donors (Lipinski definition) is 0. The molecule has 0 nitrogen and oxygen atoms in total. The standard InChI is InChI=1S/C12H26/c1-6-12(7-2)9-11(5)8-10(3)4/h10-12H,6-9H2,1-5H3. The van der Waals surface area contributed by atoms with Crippen molar-refractivity contribution in [3.05, 3.63) is 0 Å². The molecule has 0 spiro atoms. The lowest BCUT2D eigenvalue weighted by molar-refractivity contribution is 0.328. The quantitative estimate of drug-likeness (QED) is 0.551. The van der Waals surface area contributed by atoms with E-state index in [1.165, 1.54) is 25.7 Å². The van der Waals surface area contributed by atoms with Gasteiger partial charge in [-0.3, -0.25) is 0 Å². The van der Waals surface area contributed by atoms with Gasteiger partial charge in [0, 0.05) is 0 Å². The summed E-state index contributed by atoms with van der Waals surface area (Å²) >= 11 is 0. The van der Waals surface area contributed by atoms with Gasteiger partial charge >= 0.3 is 0 Å². The van der Waals surface area contributed by atoms with Crippen LogP contribution in [0.3, 0.4) is 0 Å². The maximum absolute atomic E-state index is 2.40. The Balaban J connectivity index is 3.58. The summed E-state index contributed by atoms with van der Waals surface area (Å²) < 4.78 is 0. The molecule has 0 rings (SSSR count). The van der Waals surface area contributed by atoms with Crippen LogP contribution in [0.25, 0.3) is 0 Å². The molecular weight excluding hydrogens is 144 g/mol. The lowest BCUT2D eigenvalue weighted by Crippen LogP contribution is -2.07. The number of rotatable bonds is 6. The fourth-order valence-corrected chi connectivity index (χ4v) is 2.09. The third-order valence-corrected chi connectivity index (χ3v) is 2.76. The van der Waals surface area contributed by atoms with Crippen molar-refractivity contribution >= 4 is 0 Å². The molecule has 0 aromatic carbocycles. The molecule has 0 aromatic rings. The van der Waals surface area contributed by atoms with E-state index in [1.54, 1.807) is 0 Å². The second-order valence-electron chi connectivity index (χ2n) is 4.65. The van der Waals surface area contributed by atoms with Crippen molar-refractivity contribution in [1.29, 1.82) is 0 Å². The van der Waals surface area contributed by atoms with Gasteiger partial charge in [0.15, 0.2) is 0 Å². The van der Waals surface area contributed by atoms with Gasteiger partial charge in [0.25, 0.3) is 0 Å². The van der Waals surface area contributed by atoms with E-state index in [0.717, 1.165) is 17.8 Å². The summed E-state index contributed by atoms with van der Waals surface area (Å²) in [4.78, 5) is 0. The molecule has 0 fully saturated rings. The third kappa shape index (κ3) is 5.62. The average Bonchev–Trinajstić information content (AvgIpc) is 1.98. The van der Waals surface area contributed by atoms with Crippen LogP contribution in [0, 0.1) is 17.8 Å². The van der Waals surface area contributed by atoms with Gasteiger partial charge in [0.2, 0.25) is 0 Å². The minimum Gasteiger partial charge on any atom is -0.0651 e. The molecular formula is C12H26. The second-order valence-corrected chi connectivity index (χ2v) is 4.65. The predicted octanol–water partition coefficient (Wildman–Crippen LogP) is 4.49. The molecule has 0 heteroatoms. The zero-order valence-corrected chi connectivity index (χ0v) is 9.56. The van der Waals surface area contributed by atoms with Crippen LogP contribution in [-0.2, 0) is 0 Å². The summed E-state index contributed by atoms with van der Waals surface area (Å²) in [5.74, 6) is 2.77. The van der Waals surface area contributed by atoms with Crippen molar-refractivity contribution in [2.75, 3.05) is 0 Å². The first-order valence-corrected chi connectivity index (χ1v) is 5.60. The van der Waals surface area contributed by atoms with Crippen LogP contribution in [0.5, 0.6) is 0 Å². The Labute approximate surface area is 78.8 Å². The Kier molecular flexibility index (Phi) is 6.51. The van der Waals surface area contributed by atoms with Gasteiger partial charge in [0.1, 0.15) is 0 Å². The Morgan fingerprint density at radius 3 is 1.67 bits per heavy atom. The summed E-state index contributed by atoms with van der Waals surface area (Å²) in [6.45, 7) is 11.7.